The van der Waals surface area contributed by atoms with Gasteiger partial charge in [-0.05, 0) is 49.5 Å². The molecule has 7 heteroatoms. The lowest BCUT2D eigenvalue weighted by Gasteiger charge is -2.37. The summed E-state index contributed by atoms with van der Waals surface area (Å²) >= 11 is 0. The number of nitrogens with one attached hydrogen (secondary N) is 1. The number of fused-ring (bicyclic) bond motifs is 2. The van der Waals surface area contributed by atoms with Crippen molar-refractivity contribution in [1.82, 2.24) is 10.2 Å². The molecule has 30 heavy (non-hydrogen) atoms. The maximum absolute atomic E-state index is 12.9. The zero-order valence-corrected chi connectivity index (χ0v) is 17.0. The Balaban J connectivity index is 1.63. The Kier molecular flexibility index (Phi) is 5.44. The van der Waals surface area contributed by atoms with Gasteiger partial charge in [-0.15, -0.1) is 0 Å². The average Bonchev–Trinajstić information content (AvgIpc) is 3.38. The minimum atomic E-state index is -0.421. The van der Waals surface area contributed by atoms with E-state index in [-0.39, 0.29) is 23.9 Å². The Morgan fingerprint density at radius 1 is 1.17 bits per heavy atom. The number of hydrogen-bond donors (Lipinski definition) is 1. The van der Waals surface area contributed by atoms with Crippen LogP contribution in [-0.2, 0) is 16.1 Å². The molecule has 2 aromatic rings. The first-order valence-electron chi connectivity index (χ1n) is 10.0. The maximum atomic E-state index is 12.9. The fraction of sp³-hybridized carbons (Fsp3) is 0.348. The van der Waals surface area contributed by atoms with E-state index in [1.54, 1.807) is 35.4 Å². The van der Waals surface area contributed by atoms with Gasteiger partial charge >= 0.3 is 12.0 Å². The van der Waals surface area contributed by atoms with Gasteiger partial charge in [0.1, 0.15) is 5.76 Å². The minimum Gasteiger partial charge on any atom is -0.467 e. The van der Waals surface area contributed by atoms with Crippen LogP contribution in [0.5, 0.6) is 0 Å². The summed E-state index contributed by atoms with van der Waals surface area (Å²) < 4.78 is 10.4. The Hall–Kier alpha value is -3.35. The molecule has 2 amide bonds. The summed E-state index contributed by atoms with van der Waals surface area (Å²) in [6.45, 7) is 1.81. The molecule has 1 saturated heterocycles. The van der Waals surface area contributed by atoms with Gasteiger partial charge in [0.2, 0.25) is 0 Å². The fourth-order valence-electron chi connectivity index (χ4n) is 4.44. The summed E-state index contributed by atoms with van der Waals surface area (Å²) in [6, 6.07) is 10.3. The molecule has 2 atom stereocenters. The van der Waals surface area contributed by atoms with Gasteiger partial charge in [-0.2, -0.15) is 0 Å². The van der Waals surface area contributed by atoms with Crippen LogP contribution < -0.4 is 5.32 Å². The van der Waals surface area contributed by atoms with Crippen LogP contribution in [-0.4, -0.2) is 41.9 Å². The number of carbonyl (C=O) groups is 3. The molecule has 2 bridgehead atoms. The first-order valence-corrected chi connectivity index (χ1v) is 10.0. The second kappa shape index (κ2) is 8.18. The lowest BCUT2D eigenvalue weighted by Crippen LogP contribution is -2.50. The molecule has 0 spiro atoms. The topological polar surface area (TPSA) is 88.9 Å². The van der Waals surface area contributed by atoms with Gasteiger partial charge in [-0.3, -0.25) is 4.79 Å². The number of furan rings is 1. The zero-order chi connectivity index (χ0) is 21.3. The number of hydrogen-bond acceptors (Lipinski definition) is 5. The number of amides is 2. The van der Waals surface area contributed by atoms with Crippen LogP contribution >= 0.6 is 0 Å². The molecular weight excluding hydrogens is 384 g/mol. The third-order valence-corrected chi connectivity index (χ3v) is 5.87. The molecule has 1 aromatic carbocycles. The van der Waals surface area contributed by atoms with E-state index in [0.29, 0.717) is 36.3 Å². The smallest absolute Gasteiger partial charge is 0.336 e. The second-order valence-corrected chi connectivity index (χ2v) is 7.61. The summed E-state index contributed by atoms with van der Waals surface area (Å²) in [6.07, 6.45) is 3.65. The van der Waals surface area contributed by atoms with E-state index in [4.69, 9.17) is 9.15 Å². The largest absolute Gasteiger partial charge is 0.467 e. The fourth-order valence-corrected chi connectivity index (χ4v) is 4.44. The SMILES string of the molecule is COC(=O)C1=C(c2ccc(C(C)=O)cc2)CC2CCC1N2C(=O)NCc1ccco1. The number of Topliss-reactive ketones (excluding diaryl/α,β-unsaturated/α-hetero) is 1. The molecule has 156 valence electrons. The predicted molar refractivity (Wildman–Crippen MR) is 110 cm³/mol. The van der Waals surface area contributed by atoms with Crippen molar-refractivity contribution in [2.45, 2.75) is 44.8 Å². The number of ether oxygens (including phenoxy) is 1. The van der Waals surface area contributed by atoms with Crippen LogP contribution in [0.2, 0.25) is 0 Å². The van der Waals surface area contributed by atoms with E-state index >= 15 is 0 Å². The van der Waals surface area contributed by atoms with Crippen molar-refractivity contribution in [3.05, 3.63) is 65.1 Å². The number of urea groups is 1. The van der Waals surface area contributed by atoms with E-state index in [9.17, 15) is 14.4 Å². The first-order chi connectivity index (χ1) is 14.5. The van der Waals surface area contributed by atoms with Gasteiger partial charge in [0.15, 0.2) is 5.78 Å². The van der Waals surface area contributed by atoms with E-state index in [1.165, 1.54) is 14.0 Å². The molecule has 4 rings (SSSR count). The molecule has 2 unspecified atom stereocenters. The molecule has 0 radical (unpaired) electrons. The molecule has 1 N–H and O–H groups in total. The highest BCUT2D eigenvalue weighted by Gasteiger charge is 2.46. The quantitative estimate of drug-likeness (QED) is 0.604. The molecule has 1 fully saturated rings. The Bertz CT molecular complexity index is 991. The lowest BCUT2D eigenvalue weighted by atomic mass is 9.88. The highest BCUT2D eigenvalue weighted by atomic mass is 16.5. The predicted octanol–water partition coefficient (Wildman–Crippen LogP) is 3.56. The molecule has 7 nitrogen and oxygen atoms in total. The Morgan fingerprint density at radius 2 is 1.93 bits per heavy atom. The average molecular weight is 408 g/mol. The Morgan fingerprint density at radius 3 is 2.57 bits per heavy atom. The summed E-state index contributed by atoms with van der Waals surface area (Å²) in [5.41, 5.74) is 2.92. The molecule has 3 heterocycles. The van der Waals surface area contributed by atoms with Crippen LogP contribution in [0.25, 0.3) is 5.57 Å². The van der Waals surface area contributed by atoms with Crippen LogP contribution in [0.1, 0.15) is 47.9 Å². The van der Waals surface area contributed by atoms with Gasteiger partial charge in [0.25, 0.3) is 0 Å². The standard InChI is InChI=1S/C23H24N2O5/c1-14(26)15-5-7-16(8-6-15)19-12-17-9-10-20(21(19)22(27)29-2)25(17)23(28)24-13-18-4-3-11-30-18/h3-8,11,17,20H,9-10,12-13H2,1-2H3,(H,24,28). The number of esters is 1. The van der Waals surface area contributed by atoms with E-state index in [2.05, 4.69) is 5.32 Å². The number of rotatable bonds is 5. The van der Waals surface area contributed by atoms with Gasteiger partial charge in [0.05, 0.1) is 31.5 Å². The third kappa shape index (κ3) is 3.63. The van der Waals surface area contributed by atoms with Gasteiger partial charge < -0.3 is 19.4 Å². The van der Waals surface area contributed by atoms with Crippen LogP contribution in [0.15, 0.2) is 52.7 Å². The number of benzene rings is 1. The lowest BCUT2D eigenvalue weighted by molar-refractivity contribution is -0.136. The molecule has 0 saturated carbocycles. The van der Waals surface area contributed by atoms with Crippen LogP contribution in [0.4, 0.5) is 4.79 Å². The summed E-state index contributed by atoms with van der Waals surface area (Å²) in [4.78, 5) is 39.0. The number of ketones is 1. The normalized spacial score (nSPS) is 20.3. The molecule has 1 aromatic heterocycles. The van der Waals surface area contributed by atoms with Crippen molar-refractivity contribution < 1.29 is 23.5 Å². The molecule has 2 aliphatic rings. The molecule has 2 aliphatic heterocycles. The van der Waals surface area contributed by atoms with E-state index in [0.717, 1.165) is 17.6 Å². The van der Waals surface area contributed by atoms with Crippen molar-refractivity contribution in [3.63, 3.8) is 0 Å². The third-order valence-electron chi connectivity index (χ3n) is 5.87. The highest BCUT2D eigenvalue weighted by Crippen LogP contribution is 2.43. The summed E-state index contributed by atoms with van der Waals surface area (Å²) in [5, 5.41) is 2.89. The zero-order valence-electron chi connectivity index (χ0n) is 17.0. The van der Waals surface area contributed by atoms with Gasteiger partial charge in [0, 0.05) is 11.6 Å². The van der Waals surface area contributed by atoms with Crippen molar-refractivity contribution in [2.75, 3.05) is 7.11 Å². The number of methoxy groups -OCH3 is 1. The maximum Gasteiger partial charge on any atom is 0.336 e. The summed E-state index contributed by atoms with van der Waals surface area (Å²) in [7, 11) is 1.36. The highest BCUT2D eigenvalue weighted by molar-refractivity contribution is 6.01. The van der Waals surface area contributed by atoms with Crippen LogP contribution in [0.3, 0.4) is 0 Å². The van der Waals surface area contributed by atoms with Gasteiger partial charge in [-0.1, -0.05) is 24.3 Å². The summed E-state index contributed by atoms with van der Waals surface area (Å²) in [5.74, 6) is 0.240. The molecule has 0 aliphatic carbocycles. The van der Waals surface area contributed by atoms with Crippen LogP contribution in [0, 0.1) is 0 Å². The Labute approximate surface area is 174 Å². The van der Waals surface area contributed by atoms with E-state index < -0.39 is 5.97 Å². The van der Waals surface area contributed by atoms with E-state index in [1.807, 2.05) is 12.1 Å². The number of nitrogens with zero attached hydrogens (tertiary/aromatic N) is 1. The number of carbonyl (C=O) groups excluding carboxylic acids is 3. The minimum absolute atomic E-state index is 0.00231. The van der Waals surface area contributed by atoms with Crippen molar-refractivity contribution >= 4 is 23.4 Å². The van der Waals surface area contributed by atoms with Crippen molar-refractivity contribution in [3.8, 4) is 0 Å². The van der Waals surface area contributed by atoms with Gasteiger partial charge in [-0.25, -0.2) is 9.59 Å². The van der Waals surface area contributed by atoms with Crippen molar-refractivity contribution in [1.29, 1.82) is 0 Å². The molecular formula is C23H24N2O5. The second-order valence-electron chi connectivity index (χ2n) is 7.61. The monoisotopic (exact) mass is 408 g/mol. The first kappa shape index (κ1) is 19.9. The van der Waals surface area contributed by atoms with Crippen molar-refractivity contribution in [2.24, 2.45) is 0 Å².